The first-order chi connectivity index (χ1) is 11.2. The second kappa shape index (κ2) is 7.64. The van der Waals surface area contributed by atoms with Crippen molar-refractivity contribution in [2.45, 2.75) is 38.8 Å². The fraction of sp³-hybridized carbons (Fsp3) is 0.412. The Bertz CT molecular complexity index is 648. The summed E-state index contributed by atoms with van der Waals surface area (Å²) in [4.78, 5) is 12.2. The molecule has 23 heavy (non-hydrogen) atoms. The summed E-state index contributed by atoms with van der Waals surface area (Å²) in [7, 11) is 0. The summed E-state index contributed by atoms with van der Waals surface area (Å²) >= 11 is 3.39. The van der Waals surface area contributed by atoms with E-state index in [4.69, 9.17) is 4.74 Å². The van der Waals surface area contributed by atoms with Gasteiger partial charge in [-0.15, -0.1) is 0 Å². The van der Waals surface area contributed by atoms with Crippen LogP contribution in [0.4, 0.5) is 5.69 Å². The van der Waals surface area contributed by atoms with E-state index < -0.39 is 0 Å². The monoisotopic (exact) mass is 377 g/mol. The summed E-state index contributed by atoms with van der Waals surface area (Å²) < 4.78 is 8.32. The number of halogens is 1. The third-order valence-electron chi connectivity index (χ3n) is 4.05. The first kappa shape index (κ1) is 16.1. The number of anilines is 1. The van der Waals surface area contributed by atoms with Gasteiger partial charge in [-0.25, -0.2) is 4.68 Å². The number of nitrogens with one attached hydrogen (secondary N) is 1. The average molecular weight is 378 g/mol. The first-order valence-corrected chi connectivity index (χ1v) is 8.72. The van der Waals surface area contributed by atoms with Gasteiger partial charge in [-0.1, -0.05) is 35.2 Å². The number of hydrogen-bond acceptors (Lipinski definition) is 3. The van der Waals surface area contributed by atoms with Crippen molar-refractivity contribution in [2.24, 2.45) is 5.92 Å². The summed E-state index contributed by atoms with van der Waals surface area (Å²) in [5, 5.41) is 7.17. The highest BCUT2D eigenvalue weighted by Gasteiger charge is 2.21. The van der Waals surface area contributed by atoms with Gasteiger partial charge in [0.1, 0.15) is 5.75 Å². The summed E-state index contributed by atoms with van der Waals surface area (Å²) in [6.07, 6.45) is 8.98. The summed E-state index contributed by atoms with van der Waals surface area (Å²) in [5.41, 5.74) is 0.722. The van der Waals surface area contributed by atoms with Crippen LogP contribution in [0.2, 0.25) is 0 Å². The van der Waals surface area contributed by atoms with Gasteiger partial charge in [0.25, 0.3) is 0 Å². The molecule has 1 amide bonds. The van der Waals surface area contributed by atoms with E-state index in [1.165, 1.54) is 6.42 Å². The van der Waals surface area contributed by atoms with Crippen LogP contribution in [-0.2, 0) is 11.5 Å². The van der Waals surface area contributed by atoms with Gasteiger partial charge in [-0.05, 0) is 37.1 Å². The molecule has 122 valence electrons. The molecular weight excluding hydrogens is 358 g/mol. The van der Waals surface area contributed by atoms with Gasteiger partial charge >= 0.3 is 0 Å². The first-order valence-electron chi connectivity index (χ1n) is 7.92. The second-order valence-electron chi connectivity index (χ2n) is 5.82. The lowest BCUT2D eigenvalue weighted by Gasteiger charge is -2.20. The average Bonchev–Trinajstić information content (AvgIpc) is 3.02. The summed E-state index contributed by atoms with van der Waals surface area (Å²) in [6, 6.07) is 7.63. The molecule has 1 saturated carbocycles. The van der Waals surface area contributed by atoms with Crippen molar-refractivity contribution >= 4 is 27.5 Å². The lowest BCUT2D eigenvalue weighted by molar-refractivity contribution is -0.120. The molecule has 1 N–H and O–H groups in total. The van der Waals surface area contributed by atoms with Crippen LogP contribution in [-0.4, -0.2) is 15.7 Å². The Morgan fingerprint density at radius 1 is 1.26 bits per heavy atom. The highest BCUT2D eigenvalue weighted by Crippen LogP contribution is 2.25. The molecule has 0 bridgehead atoms. The number of nitrogens with zero attached hydrogens (tertiary/aromatic N) is 2. The maximum atomic E-state index is 12.2. The molecule has 1 fully saturated rings. The van der Waals surface area contributed by atoms with E-state index in [1.54, 1.807) is 17.1 Å². The van der Waals surface area contributed by atoms with Gasteiger partial charge in [0.15, 0.2) is 6.73 Å². The smallest absolute Gasteiger partial charge is 0.227 e. The predicted octanol–water partition coefficient (Wildman–Crippen LogP) is 4.20. The lowest BCUT2D eigenvalue weighted by Crippen LogP contribution is -2.24. The molecule has 1 aromatic heterocycles. The van der Waals surface area contributed by atoms with Gasteiger partial charge < -0.3 is 10.1 Å². The normalized spacial score (nSPS) is 15.3. The quantitative estimate of drug-likeness (QED) is 0.849. The minimum absolute atomic E-state index is 0.109. The standard InChI is InChI=1S/C17H20BrN3O2/c18-14-6-8-16(9-7-14)23-12-21-11-15(10-19-21)20-17(22)13-4-2-1-3-5-13/h6-11,13H,1-5,12H2,(H,20,22). The molecular formula is C17H20BrN3O2. The minimum Gasteiger partial charge on any atom is -0.471 e. The number of carbonyl (C=O) groups is 1. The molecule has 0 radical (unpaired) electrons. The Morgan fingerprint density at radius 3 is 2.74 bits per heavy atom. The van der Waals surface area contributed by atoms with Gasteiger partial charge in [0, 0.05) is 10.4 Å². The number of benzene rings is 1. The molecule has 0 spiro atoms. The van der Waals surface area contributed by atoms with Crippen LogP contribution in [0.15, 0.2) is 41.1 Å². The van der Waals surface area contributed by atoms with Gasteiger partial charge in [-0.3, -0.25) is 4.79 Å². The van der Waals surface area contributed by atoms with Crippen LogP contribution in [0.25, 0.3) is 0 Å². The van der Waals surface area contributed by atoms with Crippen LogP contribution in [0.1, 0.15) is 32.1 Å². The number of rotatable bonds is 5. The molecule has 0 aliphatic heterocycles. The third-order valence-corrected chi connectivity index (χ3v) is 4.58. The topological polar surface area (TPSA) is 56.2 Å². The minimum atomic E-state index is 0.109. The highest BCUT2D eigenvalue weighted by molar-refractivity contribution is 9.10. The zero-order valence-electron chi connectivity index (χ0n) is 12.9. The molecule has 1 aromatic carbocycles. The molecule has 0 saturated heterocycles. The number of carbonyl (C=O) groups excluding carboxylic acids is 1. The summed E-state index contributed by atoms with van der Waals surface area (Å²) in [6.45, 7) is 0.306. The molecule has 6 heteroatoms. The van der Waals surface area contributed by atoms with Gasteiger partial charge in [0.05, 0.1) is 18.1 Å². The molecule has 2 aromatic rings. The van der Waals surface area contributed by atoms with Crippen molar-refractivity contribution in [3.05, 3.63) is 41.1 Å². The fourth-order valence-electron chi connectivity index (χ4n) is 2.78. The molecule has 3 rings (SSSR count). The van der Waals surface area contributed by atoms with Crippen molar-refractivity contribution in [1.82, 2.24) is 9.78 Å². The molecule has 1 aliphatic rings. The van der Waals surface area contributed by atoms with Crippen LogP contribution < -0.4 is 10.1 Å². The van der Waals surface area contributed by atoms with E-state index >= 15 is 0 Å². The second-order valence-corrected chi connectivity index (χ2v) is 6.74. The molecule has 1 aliphatic carbocycles. The zero-order valence-corrected chi connectivity index (χ0v) is 14.5. The molecule has 0 unspecified atom stereocenters. The van der Waals surface area contributed by atoms with E-state index in [9.17, 15) is 4.79 Å². The molecule has 1 heterocycles. The zero-order chi connectivity index (χ0) is 16.1. The predicted molar refractivity (Wildman–Crippen MR) is 92.2 cm³/mol. The van der Waals surface area contributed by atoms with Crippen molar-refractivity contribution in [2.75, 3.05) is 5.32 Å². The van der Waals surface area contributed by atoms with Crippen LogP contribution in [0, 0.1) is 5.92 Å². The van der Waals surface area contributed by atoms with E-state index in [2.05, 4.69) is 26.3 Å². The van der Waals surface area contributed by atoms with E-state index in [0.29, 0.717) is 6.73 Å². The lowest BCUT2D eigenvalue weighted by atomic mass is 9.89. The Labute approximate surface area is 144 Å². The largest absolute Gasteiger partial charge is 0.471 e. The Kier molecular flexibility index (Phi) is 5.33. The van der Waals surface area contributed by atoms with Crippen molar-refractivity contribution in [1.29, 1.82) is 0 Å². The van der Waals surface area contributed by atoms with Crippen LogP contribution in [0.5, 0.6) is 5.75 Å². The Balaban J connectivity index is 1.51. The van der Waals surface area contributed by atoms with Crippen molar-refractivity contribution in [3.8, 4) is 5.75 Å². The van der Waals surface area contributed by atoms with E-state index in [-0.39, 0.29) is 11.8 Å². The number of amides is 1. The third kappa shape index (κ3) is 4.58. The summed E-state index contributed by atoms with van der Waals surface area (Å²) in [5.74, 6) is 1.03. The van der Waals surface area contributed by atoms with Crippen molar-refractivity contribution < 1.29 is 9.53 Å². The SMILES string of the molecule is O=C(Nc1cnn(COc2ccc(Br)cc2)c1)C1CCCCC1. The van der Waals surface area contributed by atoms with Gasteiger partial charge in [-0.2, -0.15) is 5.10 Å². The van der Waals surface area contributed by atoms with Crippen LogP contribution >= 0.6 is 15.9 Å². The fourth-order valence-corrected chi connectivity index (χ4v) is 3.04. The number of aromatic nitrogens is 2. The van der Waals surface area contributed by atoms with Crippen LogP contribution in [0.3, 0.4) is 0 Å². The number of hydrogen-bond donors (Lipinski definition) is 1. The van der Waals surface area contributed by atoms with E-state index in [0.717, 1.165) is 41.6 Å². The molecule has 0 atom stereocenters. The van der Waals surface area contributed by atoms with Crippen molar-refractivity contribution in [3.63, 3.8) is 0 Å². The number of ether oxygens (including phenoxy) is 1. The Morgan fingerprint density at radius 2 is 2.00 bits per heavy atom. The molecule has 5 nitrogen and oxygen atoms in total. The van der Waals surface area contributed by atoms with Gasteiger partial charge in [0.2, 0.25) is 5.91 Å². The Hall–Kier alpha value is -1.82. The van der Waals surface area contributed by atoms with E-state index in [1.807, 2.05) is 24.3 Å². The maximum Gasteiger partial charge on any atom is 0.227 e. The highest BCUT2D eigenvalue weighted by atomic mass is 79.9. The maximum absolute atomic E-state index is 12.2.